The second-order valence-corrected chi connectivity index (χ2v) is 8.98. The van der Waals surface area contributed by atoms with Gasteiger partial charge in [-0.25, -0.2) is 0 Å². The summed E-state index contributed by atoms with van der Waals surface area (Å²) in [6.45, 7) is 0. The highest BCUT2D eigenvalue weighted by Gasteiger charge is 2.48. The fourth-order valence-electron chi connectivity index (χ4n) is 5.30. The normalized spacial score (nSPS) is 19.4. The van der Waals surface area contributed by atoms with Gasteiger partial charge in [-0.2, -0.15) is 0 Å². The largest absolute Gasteiger partial charge is 0.321 e. The van der Waals surface area contributed by atoms with Crippen LogP contribution in [0, 0.1) is 5.92 Å². The van der Waals surface area contributed by atoms with E-state index in [9.17, 15) is 24.0 Å². The highest BCUT2D eigenvalue weighted by molar-refractivity contribution is 6.49. The first-order valence-corrected chi connectivity index (χ1v) is 11.3. The van der Waals surface area contributed by atoms with E-state index >= 15 is 0 Å². The fraction of sp³-hybridized carbons (Fsp3) is 0.143. The molecule has 0 aliphatic heterocycles. The summed E-state index contributed by atoms with van der Waals surface area (Å²) in [4.78, 5) is 68.6. The molecule has 6 rings (SSSR count). The number of Topliss-reactive ketones (excluding diaryl/α,β-unsaturated/α-hetero) is 3. The number of fused-ring (bicyclic) bond motifs is 5. The molecule has 8 heteroatoms. The third kappa shape index (κ3) is 3.60. The number of rotatable bonds is 2. The minimum Gasteiger partial charge on any atom is -0.321 e. The Kier molecular flexibility index (Phi) is 5.73. The molecule has 0 bridgehead atoms. The number of ketones is 4. The average Bonchev–Trinajstić information content (AvgIpc) is 2.87. The molecule has 0 spiro atoms. The van der Waals surface area contributed by atoms with Crippen molar-refractivity contribution >= 4 is 47.1 Å². The molecule has 2 atom stereocenters. The van der Waals surface area contributed by atoms with Crippen molar-refractivity contribution in [1.29, 1.82) is 0 Å². The standard InChI is InChI=1S/C28H18N2O5.ClH/c31-23-5-1-3-14-9-16-11-22-21-10-15(28(35)30-17-4-2-8-29-13-17)6-7-18(21)26(33)27(34)24(22)25(32)20(16)12-19(14)23;/h1-2,4-10,12-13,22,24H,3,11H2,(H,30,35);1H. The van der Waals surface area contributed by atoms with E-state index in [4.69, 9.17) is 0 Å². The second kappa shape index (κ2) is 8.77. The summed E-state index contributed by atoms with van der Waals surface area (Å²) in [6, 6.07) is 11.4. The zero-order valence-corrected chi connectivity index (χ0v) is 19.6. The van der Waals surface area contributed by atoms with E-state index in [1.54, 1.807) is 36.5 Å². The molecule has 3 aliphatic rings. The third-order valence-electron chi connectivity index (χ3n) is 6.98. The lowest BCUT2D eigenvalue weighted by molar-refractivity contribution is -0.118. The molecule has 1 amide bonds. The summed E-state index contributed by atoms with van der Waals surface area (Å²) in [6.07, 6.45) is 7.33. The minimum absolute atomic E-state index is 0. The van der Waals surface area contributed by atoms with Gasteiger partial charge in [0.1, 0.15) is 0 Å². The van der Waals surface area contributed by atoms with Crippen LogP contribution in [0.4, 0.5) is 5.69 Å². The molecule has 0 fully saturated rings. The maximum atomic E-state index is 13.5. The Bertz CT molecular complexity index is 1530. The molecular weight excluding hydrogens is 480 g/mol. The number of allylic oxidation sites excluding steroid dienone is 2. The van der Waals surface area contributed by atoms with Gasteiger partial charge >= 0.3 is 0 Å². The van der Waals surface area contributed by atoms with Gasteiger partial charge in [0.2, 0.25) is 11.6 Å². The number of nitrogens with zero attached hydrogens (tertiary/aromatic N) is 1. The van der Waals surface area contributed by atoms with Gasteiger partial charge in [-0.1, -0.05) is 12.1 Å². The van der Waals surface area contributed by atoms with Crippen LogP contribution in [0.25, 0.3) is 0 Å². The Morgan fingerprint density at radius 2 is 1.75 bits per heavy atom. The predicted molar refractivity (Wildman–Crippen MR) is 133 cm³/mol. The quantitative estimate of drug-likeness (QED) is 0.423. The van der Waals surface area contributed by atoms with Gasteiger partial charge in [-0.3, -0.25) is 29.0 Å². The molecule has 1 heterocycles. The van der Waals surface area contributed by atoms with Crippen LogP contribution in [0.15, 0.2) is 67.0 Å². The van der Waals surface area contributed by atoms with E-state index in [0.29, 0.717) is 40.8 Å². The van der Waals surface area contributed by atoms with Gasteiger partial charge in [0.25, 0.3) is 5.91 Å². The molecule has 3 aromatic rings. The first-order valence-electron chi connectivity index (χ1n) is 11.3. The Morgan fingerprint density at radius 3 is 2.53 bits per heavy atom. The lowest BCUT2D eigenvalue weighted by Crippen LogP contribution is -2.44. The van der Waals surface area contributed by atoms with E-state index in [-0.39, 0.29) is 29.7 Å². The van der Waals surface area contributed by atoms with Crippen molar-refractivity contribution in [1.82, 2.24) is 4.98 Å². The molecule has 0 saturated carbocycles. The third-order valence-corrected chi connectivity index (χ3v) is 6.98. The van der Waals surface area contributed by atoms with Crippen LogP contribution in [-0.4, -0.2) is 34.0 Å². The summed E-state index contributed by atoms with van der Waals surface area (Å²) in [5.74, 6) is -4.20. The van der Waals surface area contributed by atoms with Crippen LogP contribution in [-0.2, 0) is 17.6 Å². The number of hydrogen-bond donors (Lipinski definition) is 1. The van der Waals surface area contributed by atoms with E-state index in [1.807, 2.05) is 6.07 Å². The van der Waals surface area contributed by atoms with E-state index in [0.717, 1.165) is 11.1 Å². The molecular formula is C28H19ClN2O5. The van der Waals surface area contributed by atoms with Crippen molar-refractivity contribution < 1.29 is 24.0 Å². The zero-order chi connectivity index (χ0) is 24.3. The number of halogens is 1. The smallest absolute Gasteiger partial charge is 0.255 e. The van der Waals surface area contributed by atoms with Gasteiger partial charge in [-0.15, -0.1) is 12.4 Å². The first kappa shape index (κ1) is 23.5. The number of hydrogen-bond acceptors (Lipinski definition) is 6. The van der Waals surface area contributed by atoms with Crippen LogP contribution in [0.5, 0.6) is 0 Å². The molecule has 2 unspecified atom stereocenters. The van der Waals surface area contributed by atoms with Crippen LogP contribution < -0.4 is 5.32 Å². The summed E-state index contributed by atoms with van der Waals surface area (Å²) < 4.78 is 0. The van der Waals surface area contributed by atoms with Crippen LogP contribution in [0.2, 0.25) is 0 Å². The maximum Gasteiger partial charge on any atom is 0.255 e. The number of amides is 1. The summed E-state index contributed by atoms with van der Waals surface area (Å²) in [5.41, 5.74) is 3.95. The molecule has 1 N–H and O–H groups in total. The fourth-order valence-corrected chi connectivity index (χ4v) is 5.30. The van der Waals surface area contributed by atoms with Crippen molar-refractivity contribution in [3.8, 4) is 0 Å². The Morgan fingerprint density at radius 1 is 0.917 bits per heavy atom. The molecule has 36 heavy (non-hydrogen) atoms. The monoisotopic (exact) mass is 498 g/mol. The highest BCUT2D eigenvalue weighted by Crippen LogP contribution is 2.44. The van der Waals surface area contributed by atoms with Gasteiger partial charge in [0, 0.05) is 34.4 Å². The van der Waals surface area contributed by atoms with Gasteiger partial charge in [0.05, 0.1) is 17.8 Å². The van der Waals surface area contributed by atoms with E-state index < -0.39 is 29.2 Å². The molecule has 7 nitrogen and oxygen atoms in total. The Labute approximate surface area is 212 Å². The number of aromatic nitrogens is 1. The van der Waals surface area contributed by atoms with E-state index in [1.165, 1.54) is 24.4 Å². The minimum atomic E-state index is -1.16. The number of anilines is 1. The molecule has 0 saturated heterocycles. The van der Waals surface area contributed by atoms with Crippen molar-refractivity contribution in [3.63, 3.8) is 0 Å². The number of carbonyl (C=O) groups is 5. The van der Waals surface area contributed by atoms with Crippen LogP contribution in [0.3, 0.4) is 0 Å². The molecule has 178 valence electrons. The number of pyridine rings is 1. The zero-order valence-electron chi connectivity index (χ0n) is 18.8. The summed E-state index contributed by atoms with van der Waals surface area (Å²) in [7, 11) is 0. The number of benzene rings is 2. The second-order valence-electron chi connectivity index (χ2n) is 8.98. The average molecular weight is 499 g/mol. The van der Waals surface area contributed by atoms with Crippen LogP contribution in [0.1, 0.15) is 64.0 Å². The van der Waals surface area contributed by atoms with Crippen molar-refractivity contribution in [2.24, 2.45) is 5.92 Å². The topological polar surface area (TPSA) is 110 Å². The van der Waals surface area contributed by atoms with Gasteiger partial charge < -0.3 is 5.32 Å². The summed E-state index contributed by atoms with van der Waals surface area (Å²) in [5, 5.41) is 2.76. The molecule has 1 aromatic heterocycles. The maximum absolute atomic E-state index is 13.5. The number of nitrogens with one attached hydrogen (secondary N) is 1. The molecule has 3 aliphatic carbocycles. The number of carbonyl (C=O) groups excluding carboxylic acids is 5. The summed E-state index contributed by atoms with van der Waals surface area (Å²) >= 11 is 0. The van der Waals surface area contributed by atoms with E-state index in [2.05, 4.69) is 10.3 Å². The lowest BCUT2D eigenvalue weighted by atomic mass is 9.64. The van der Waals surface area contributed by atoms with Crippen LogP contribution >= 0.6 is 12.4 Å². The van der Waals surface area contributed by atoms with Crippen molar-refractivity contribution in [2.45, 2.75) is 18.8 Å². The van der Waals surface area contributed by atoms with Gasteiger partial charge in [-0.05, 0) is 72.0 Å². The Hall–Kier alpha value is -4.23. The predicted octanol–water partition coefficient (Wildman–Crippen LogP) is 3.95. The molecule has 2 aromatic carbocycles. The van der Waals surface area contributed by atoms with Crippen molar-refractivity contribution in [2.75, 3.05) is 5.32 Å². The lowest BCUT2D eigenvalue weighted by Gasteiger charge is -2.36. The highest BCUT2D eigenvalue weighted by atomic mass is 35.5. The Balaban J connectivity index is 0.00000267. The van der Waals surface area contributed by atoms with Gasteiger partial charge in [0.15, 0.2) is 11.6 Å². The molecule has 0 radical (unpaired) electrons. The van der Waals surface area contributed by atoms with Crippen molar-refractivity contribution in [3.05, 3.63) is 106 Å². The first-order chi connectivity index (χ1) is 16.9. The SMILES string of the molecule is Cl.O=C(Nc1cccnc1)c1ccc2c(c1)C1Cc3cc4c(cc3C(=O)C1C(=O)C2=O)C(=O)C=CC4.